The fourth-order valence-electron chi connectivity index (χ4n) is 2.43. The molecule has 21 heavy (non-hydrogen) atoms. The minimum atomic E-state index is -1.09. The van der Waals surface area contributed by atoms with Crippen LogP contribution in [-0.2, 0) is 4.74 Å². The number of aromatic nitrogens is 3. The van der Waals surface area contributed by atoms with E-state index in [1.165, 1.54) is 4.57 Å². The van der Waals surface area contributed by atoms with E-state index < -0.39 is 24.5 Å². The number of H-pyrrole nitrogens is 1. The first-order valence-electron chi connectivity index (χ1n) is 6.53. The van der Waals surface area contributed by atoms with Crippen molar-refractivity contribution in [2.45, 2.75) is 38.4 Å². The van der Waals surface area contributed by atoms with Crippen LogP contribution in [0.4, 0.5) is 0 Å². The molecule has 2 aromatic heterocycles. The van der Waals surface area contributed by atoms with E-state index in [2.05, 4.69) is 9.97 Å². The van der Waals surface area contributed by atoms with Crippen molar-refractivity contribution in [2.24, 2.45) is 0 Å². The highest BCUT2D eigenvalue weighted by atomic mass is 32.1. The van der Waals surface area contributed by atoms with Gasteiger partial charge in [0, 0.05) is 17.1 Å². The third kappa shape index (κ3) is 2.30. The van der Waals surface area contributed by atoms with E-state index in [1.807, 2.05) is 0 Å². The molecular formula is C13H15N3O4S. The highest BCUT2D eigenvalue weighted by Gasteiger charge is 2.41. The van der Waals surface area contributed by atoms with Gasteiger partial charge in [-0.25, -0.2) is 4.98 Å². The van der Waals surface area contributed by atoms with Crippen LogP contribution in [0.5, 0.6) is 0 Å². The van der Waals surface area contributed by atoms with Crippen molar-refractivity contribution in [1.82, 2.24) is 14.5 Å². The van der Waals surface area contributed by atoms with Crippen molar-refractivity contribution < 1.29 is 14.9 Å². The maximum Gasteiger partial charge on any atom is 0.252 e. The number of aliphatic hydroxyl groups is 2. The summed E-state index contributed by atoms with van der Waals surface area (Å²) in [7, 11) is 0. The summed E-state index contributed by atoms with van der Waals surface area (Å²) < 4.78 is 7.19. The summed E-state index contributed by atoms with van der Waals surface area (Å²) in [5, 5.41) is 20.5. The summed E-state index contributed by atoms with van der Waals surface area (Å²) in [6.07, 6.45) is -1.71. The molecule has 3 rings (SSSR count). The molecule has 3 N–H and O–H groups in total. The van der Waals surface area contributed by atoms with Crippen molar-refractivity contribution in [3.05, 3.63) is 33.0 Å². The van der Waals surface area contributed by atoms with Crippen LogP contribution in [-0.4, -0.2) is 43.1 Å². The van der Waals surface area contributed by atoms with Gasteiger partial charge in [0.15, 0.2) is 6.23 Å². The lowest BCUT2D eigenvalue weighted by molar-refractivity contribution is -0.0336. The van der Waals surface area contributed by atoms with Gasteiger partial charge in [0.2, 0.25) is 4.77 Å². The maximum atomic E-state index is 11.6. The number of hydrogen-bond donors (Lipinski definition) is 3. The summed E-state index contributed by atoms with van der Waals surface area (Å²) >= 11 is 5.18. The zero-order valence-electron chi connectivity index (χ0n) is 11.5. The lowest BCUT2D eigenvalue weighted by Crippen LogP contribution is -2.30. The summed E-state index contributed by atoms with van der Waals surface area (Å²) in [6, 6.07) is 1.69. The zero-order valence-corrected chi connectivity index (χ0v) is 12.3. The molecule has 1 aliphatic rings. The molecule has 7 nitrogen and oxygen atoms in total. The molecule has 1 saturated heterocycles. The van der Waals surface area contributed by atoms with Gasteiger partial charge in [-0.05, 0) is 32.1 Å². The quantitative estimate of drug-likeness (QED) is 0.659. The molecule has 0 aromatic carbocycles. The predicted molar refractivity (Wildman–Crippen MR) is 77.5 cm³/mol. The van der Waals surface area contributed by atoms with Gasteiger partial charge in [0.05, 0.1) is 6.10 Å². The van der Waals surface area contributed by atoms with Crippen molar-refractivity contribution in [2.75, 3.05) is 0 Å². The van der Waals surface area contributed by atoms with Crippen molar-refractivity contribution in [1.29, 1.82) is 0 Å². The van der Waals surface area contributed by atoms with E-state index in [-0.39, 0.29) is 10.3 Å². The highest BCUT2D eigenvalue weighted by molar-refractivity contribution is 7.71. The molecule has 112 valence electrons. The number of hydrogen-bond acceptors (Lipinski definition) is 6. The van der Waals surface area contributed by atoms with Gasteiger partial charge in [-0.3, -0.25) is 9.36 Å². The molecule has 0 aliphatic carbocycles. The second-order valence-corrected chi connectivity index (χ2v) is 5.59. The first-order valence-corrected chi connectivity index (χ1v) is 6.93. The zero-order chi connectivity index (χ0) is 15.3. The Morgan fingerprint density at radius 3 is 2.76 bits per heavy atom. The number of rotatable bonds is 1. The minimum Gasteiger partial charge on any atom is -0.388 e. The van der Waals surface area contributed by atoms with Crippen molar-refractivity contribution in [3.63, 3.8) is 0 Å². The Balaban J connectivity index is 2.16. The molecule has 1 unspecified atom stereocenters. The number of pyridine rings is 1. The molecule has 0 saturated carbocycles. The lowest BCUT2D eigenvalue weighted by atomic mass is 10.1. The fourth-order valence-corrected chi connectivity index (χ4v) is 2.68. The maximum absolute atomic E-state index is 11.6. The number of aromatic amines is 1. The largest absolute Gasteiger partial charge is 0.388 e. The van der Waals surface area contributed by atoms with Gasteiger partial charge in [0.25, 0.3) is 5.56 Å². The average Bonchev–Trinajstić information content (AvgIpc) is 2.68. The third-order valence-electron chi connectivity index (χ3n) is 3.69. The summed E-state index contributed by atoms with van der Waals surface area (Å²) in [5.41, 5.74) is 0.713. The molecule has 0 bridgehead atoms. The first kappa shape index (κ1) is 14.3. The normalized spacial score (nSPS) is 29.1. The number of fused-ring (bicyclic) bond motifs is 1. The molecule has 2 aromatic rings. The van der Waals surface area contributed by atoms with E-state index >= 15 is 0 Å². The highest BCUT2D eigenvalue weighted by Crippen LogP contribution is 2.29. The van der Waals surface area contributed by atoms with Gasteiger partial charge >= 0.3 is 0 Å². The molecule has 3 heterocycles. The van der Waals surface area contributed by atoms with E-state index in [0.29, 0.717) is 16.6 Å². The van der Waals surface area contributed by atoms with Crippen LogP contribution < -0.4 is 5.56 Å². The molecule has 0 spiro atoms. The van der Waals surface area contributed by atoms with E-state index in [4.69, 9.17) is 17.0 Å². The van der Waals surface area contributed by atoms with Gasteiger partial charge in [-0.2, -0.15) is 0 Å². The Morgan fingerprint density at radius 1 is 1.43 bits per heavy atom. The topological polar surface area (TPSA) is 100 Å². The fraction of sp³-hybridized carbons (Fsp3) is 0.462. The Kier molecular flexibility index (Phi) is 3.40. The van der Waals surface area contributed by atoms with Gasteiger partial charge < -0.3 is 19.9 Å². The van der Waals surface area contributed by atoms with Gasteiger partial charge in [-0.15, -0.1) is 0 Å². The predicted octanol–water partition coefficient (Wildman–Crippen LogP) is 0.402. The van der Waals surface area contributed by atoms with Crippen LogP contribution in [0.2, 0.25) is 0 Å². The van der Waals surface area contributed by atoms with Crippen LogP contribution in [0.3, 0.4) is 0 Å². The number of aliphatic hydroxyl groups excluding tert-OH is 2. The van der Waals surface area contributed by atoms with E-state index in [9.17, 15) is 15.0 Å². The van der Waals surface area contributed by atoms with Crippen LogP contribution in [0, 0.1) is 11.7 Å². The van der Waals surface area contributed by atoms with Crippen LogP contribution in [0.25, 0.3) is 11.0 Å². The SMILES string of the molecule is Cc1cc2cn([C@@H]3O[C@H](C)C(O)[C@@H]3O)c(=S)nc2[nH]c1=O. The Morgan fingerprint density at radius 2 is 2.14 bits per heavy atom. The van der Waals surface area contributed by atoms with Crippen LogP contribution in [0.15, 0.2) is 17.1 Å². The second kappa shape index (κ2) is 4.99. The number of nitrogens with one attached hydrogen (secondary N) is 1. The van der Waals surface area contributed by atoms with Crippen molar-refractivity contribution in [3.8, 4) is 0 Å². The number of nitrogens with zero attached hydrogens (tertiary/aromatic N) is 2. The van der Waals surface area contributed by atoms with E-state index in [1.54, 1.807) is 26.1 Å². The first-order chi connectivity index (χ1) is 9.88. The Bertz CT molecular complexity index is 815. The van der Waals surface area contributed by atoms with Crippen molar-refractivity contribution >= 4 is 23.3 Å². The molecule has 0 radical (unpaired) electrons. The standard InChI is InChI=1S/C13H15N3O4S/c1-5-3-7-4-16(12-9(18)8(17)6(2)20-12)13(21)15-10(7)14-11(5)19/h3-4,6,8-9,12,17-18H,1-2H3,(H,14,15,19,21)/t6-,8?,9+,12-/m1/s1. The second-order valence-electron chi connectivity index (χ2n) is 5.23. The Hall–Kier alpha value is -1.61. The minimum absolute atomic E-state index is 0.160. The average molecular weight is 309 g/mol. The number of aryl methyl sites for hydroxylation is 1. The van der Waals surface area contributed by atoms with E-state index in [0.717, 1.165) is 0 Å². The summed E-state index contributed by atoms with van der Waals surface area (Å²) in [6.45, 7) is 3.37. The monoisotopic (exact) mass is 309 g/mol. The van der Waals surface area contributed by atoms with Gasteiger partial charge in [-0.1, -0.05) is 0 Å². The lowest BCUT2D eigenvalue weighted by Gasteiger charge is -2.18. The van der Waals surface area contributed by atoms with Crippen LogP contribution >= 0.6 is 12.2 Å². The summed E-state index contributed by atoms with van der Waals surface area (Å²) in [4.78, 5) is 18.4. The number of ether oxygens (including phenoxy) is 1. The summed E-state index contributed by atoms with van der Waals surface area (Å²) in [5.74, 6) is 0. The Labute approximate surface area is 124 Å². The molecule has 1 fully saturated rings. The molecular weight excluding hydrogens is 294 g/mol. The molecule has 1 aliphatic heterocycles. The van der Waals surface area contributed by atoms with Gasteiger partial charge in [0.1, 0.15) is 17.9 Å². The molecule has 0 amide bonds. The molecule has 8 heteroatoms. The smallest absolute Gasteiger partial charge is 0.252 e. The molecule has 4 atom stereocenters. The third-order valence-corrected chi connectivity index (χ3v) is 4.00. The van der Waals surface area contributed by atoms with Crippen LogP contribution in [0.1, 0.15) is 18.7 Å².